The largest absolute Gasteiger partial charge is 0.465 e. The van der Waals surface area contributed by atoms with E-state index in [1.54, 1.807) is 17.0 Å². The van der Waals surface area contributed by atoms with Crippen LogP contribution >= 0.6 is 15.9 Å². The van der Waals surface area contributed by atoms with Gasteiger partial charge in [-0.15, -0.1) is 0 Å². The fraction of sp³-hybridized carbons (Fsp3) is 0.429. The Bertz CT molecular complexity index is 515. The second-order valence-electron chi connectivity index (χ2n) is 4.72. The molecule has 1 atom stereocenters. The molecule has 0 aliphatic carbocycles. The van der Waals surface area contributed by atoms with Gasteiger partial charge in [-0.3, -0.25) is 4.79 Å². The molecular formula is C14H16BrNO3. The number of carbonyl (C=O) groups is 2. The molecule has 0 N–H and O–H groups in total. The number of esters is 1. The highest BCUT2D eigenvalue weighted by Crippen LogP contribution is 2.27. The summed E-state index contributed by atoms with van der Waals surface area (Å²) in [6.07, 6.45) is 0.572. The van der Waals surface area contributed by atoms with Gasteiger partial charge in [-0.05, 0) is 36.6 Å². The summed E-state index contributed by atoms with van der Waals surface area (Å²) in [5.41, 5.74) is 2.20. The van der Waals surface area contributed by atoms with Crippen molar-refractivity contribution in [3.05, 3.63) is 29.3 Å². The second-order valence-corrected chi connectivity index (χ2v) is 5.37. The van der Waals surface area contributed by atoms with Gasteiger partial charge in [0.1, 0.15) is 0 Å². The van der Waals surface area contributed by atoms with Crippen LogP contribution in [0.4, 0.5) is 5.69 Å². The van der Waals surface area contributed by atoms with Gasteiger partial charge in [0.05, 0.1) is 12.7 Å². The highest BCUT2D eigenvalue weighted by molar-refractivity contribution is 9.09. The Labute approximate surface area is 120 Å². The standard InChI is InChI=1S/C14H16BrNO3/c1-9-5-11(3-4-12(9)14(18)19-2)16-8-10(7-15)6-13(16)17/h3-5,10H,6-8H2,1-2H3. The van der Waals surface area contributed by atoms with Crippen LogP contribution in [0.15, 0.2) is 18.2 Å². The molecular weight excluding hydrogens is 310 g/mol. The van der Waals surface area contributed by atoms with Gasteiger partial charge in [-0.25, -0.2) is 4.79 Å². The summed E-state index contributed by atoms with van der Waals surface area (Å²) in [6.45, 7) is 2.57. The molecule has 0 aromatic heterocycles. The molecule has 1 heterocycles. The van der Waals surface area contributed by atoms with Gasteiger partial charge < -0.3 is 9.64 Å². The van der Waals surface area contributed by atoms with Crippen molar-refractivity contribution in [3.63, 3.8) is 0 Å². The zero-order valence-electron chi connectivity index (χ0n) is 11.0. The second kappa shape index (κ2) is 5.74. The van der Waals surface area contributed by atoms with E-state index in [2.05, 4.69) is 15.9 Å². The van der Waals surface area contributed by atoms with Crippen molar-refractivity contribution < 1.29 is 14.3 Å². The van der Waals surface area contributed by atoms with Gasteiger partial charge in [0.15, 0.2) is 0 Å². The van der Waals surface area contributed by atoms with Gasteiger partial charge in [0, 0.05) is 24.0 Å². The average molecular weight is 326 g/mol. The maximum atomic E-state index is 11.9. The Morgan fingerprint density at radius 1 is 1.53 bits per heavy atom. The van der Waals surface area contributed by atoms with E-state index in [0.29, 0.717) is 17.9 Å². The van der Waals surface area contributed by atoms with Crippen molar-refractivity contribution >= 4 is 33.5 Å². The first-order valence-corrected chi connectivity index (χ1v) is 7.24. The van der Waals surface area contributed by atoms with Crippen LogP contribution in [-0.2, 0) is 9.53 Å². The highest BCUT2D eigenvalue weighted by atomic mass is 79.9. The lowest BCUT2D eigenvalue weighted by Crippen LogP contribution is -2.24. The molecule has 4 nitrogen and oxygen atoms in total. The van der Waals surface area contributed by atoms with Gasteiger partial charge >= 0.3 is 5.97 Å². The van der Waals surface area contributed by atoms with Crippen LogP contribution in [0, 0.1) is 12.8 Å². The molecule has 1 aromatic carbocycles. The molecule has 102 valence electrons. The quantitative estimate of drug-likeness (QED) is 0.633. The fourth-order valence-corrected chi connectivity index (χ4v) is 2.72. The SMILES string of the molecule is COC(=O)c1ccc(N2CC(CBr)CC2=O)cc1C. The number of aryl methyl sites for hydroxylation is 1. The molecule has 0 bridgehead atoms. The number of methoxy groups -OCH3 is 1. The number of rotatable bonds is 3. The summed E-state index contributed by atoms with van der Waals surface area (Å²) in [7, 11) is 1.36. The Balaban J connectivity index is 2.25. The molecule has 1 unspecified atom stereocenters. The predicted octanol–water partition coefficient (Wildman–Crippen LogP) is 2.53. The summed E-state index contributed by atoms with van der Waals surface area (Å²) >= 11 is 3.42. The summed E-state index contributed by atoms with van der Waals surface area (Å²) in [5.74, 6) is 0.137. The number of benzene rings is 1. The number of hydrogen-bond donors (Lipinski definition) is 0. The van der Waals surface area contributed by atoms with E-state index in [9.17, 15) is 9.59 Å². The Morgan fingerprint density at radius 2 is 2.26 bits per heavy atom. The van der Waals surface area contributed by atoms with E-state index in [1.165, 1.54) is 7.11 Å². The maximum absolute atomic E-state index is 11.9. The monoisotopic (exact) mass is 325 g/mol. The lowest BCUT2D eigenvalue weighted by atomic mass is 10.1. The van der Waals surface area contributed by atoms with E-state index in [4.69, 9.17) is 4.74 Å². The van der Waals surface area contributed by atoms with Crippen molar-refractivity contribution in [1.82, 2.24) is 0 Å². The minimum Gasteiger partial charge on any atom is -0.465 e. The Hall–Kier alpha value is -1.36. The molecule has 1 fully saturated rings. The normalized spacial score (nSPS) is 18.8. The first-order chi connectivity index (χ1) is 9.06. The molecule has 1 aliphatic rings. The number of halogens is 1. The zero-order valence-corrected chi connectivity index (χ0v) is 12.6. The van der Waals surface area contributed by atoms with Crippen LogP contribution < -0.4 is 4.90 Å². The smallest absolute Gasteiger partial charge is 0.338 e. The molecule has 2 rings (SSSR count). The summed E-state index contributed by atoms with van der Waals surface area (Å²) < 4.78 is 4.71. The average Bonchev–Trinajstić information content (AvgIpc) is 2.79. The molecule has 0 radical (unpaired) electrons. The van der Waals surface area contributed by atoms with Crippen LogP contribution in [-0.4, -0.2) is 30.9 Å². The van der Waals surface area contributed by atoms with Crippen molar-refractivity contribution in [2.24, 2.45) is 5.92 Å². The number of carbonyl (C=O) groups excluding carboxylic acids is 2. The van der Waals surface area contributed by atoms with Crippen molar-refractivity contribution in [2.45, 2.75) is 13.3 Å². The summed E-state index contributed by atoms with van der Waals surface area (Å²) in [4.78, 5) is 25.2. The molecule has 0 saturated carbocycles. The number of alkyl halides is 1. The van der Waals surface area contributed by atoms with Gasteiger partial charge in [-0.1, -0.05) is 15.9 Å². The summed E-state index contributed by atoms with van der Waals surface area (Å²) in [6, 6.07) is 5.37. The van der Waals surface area contributed by atoms with Crippen molar-refractivity contribution in [3.8, 4) is 0 Å². The van der Waals surface area contributed by atoms with Crippen LogP contribution in [0.3, 0.4) is 0 Å². The molecule has 19 heavy (non-hydrogen) atoms. The van der Waals surface area contributed by atoms with E-state index < -0.39 is 0 Å². The molecule has 5 heteroatoms. The van der Waals surface area contributed by atoms with Gasteiger partial charge in [0.2, 0.25) is 5.91 Å². The molecule has 1 saturated heterocycles. The number of anilines is 1. The molecule has 1 aliphatic heterocycles. The molecule has 1 amide bonds. The van der Waals surface area contributed by atoms with Crippen LogP contribution in [0.25, 0.3) is 0 Å². The number of nitrogens with zero attached hydrogens (tertiary/aromatic N) is 1. The van der Waals surface area contributed by atoms with Crippen molar-refractivity contribution in [1.29, 1.82) is 0 Å². The molecule has 0 spiro atoms. The van der Waals surface area contributed by atoms with E-state index >= 15 is 0 Å². The third kappa shape index (κ3) is 2.81. The summed E-state index contributed by atoms with van der Waals surface area (Å²) in [5, 5.41) is 0.828. The van der Waals surface area contributed by atoms with Crippen LogP contribution in [0.2, 0.25) is 0 Å². The predicted molar refractivity (Wildman–Crippen MR) is 76.8 cm³/mol. The zero-order chi connectivity index (χ0) is 14.0. The van der Waals surface area contributed by atoms with E-state index in [1.807, 2.05) is 13.0 Å². The highest BCUT2D eigenvalue weighted by Gasteiger charge is 2.30. The van der Waals surface area contributed by atoms with E-state index in [-0.39, 0.29) is 11.9 Å². The minimum atomic E-state index is -0.352. The first-order valence-electron chi connectivity index (χ1n) is 6.12. The van der Waals surface area contributed by atoms with Crippen LogP contribution in [0.5, 0.6) is 0 Å². The van der Waals surface area contributed by atoms with Gasteiger partial charge in [0.25, 0.3) is 0 Å². The lowest BCUT2D eigenvalue weighted by Gasteiger charge is -2.18. The Kier molecular flexibility index (Phi) is 4.24. The minimum absolute atomic E-state index is 0.134. The van der Waals surface area contributed by atoms with Gasteiger partial charge in [-0.2, -0.15) is 0 Å². The first kappa shape index (κ1) is 14.1. The number of hydrogen-bond acceptors (Lipinski definition) is 3. The lowest BCUT2D eigenvalue weighted by molar-refractivity contribution is -0.117. The third-order valence-corrected chi connectivity index (χ3v) is 4.27. The molecule has 1 aromatic rings. The van der Waals surface area contributed by atoms with E-state index in [0.717, 1.165) is 23.1 Å². The fourth-order valence-electron chi connectivity index (χ4n) is 2.29. The van der Waals surface area contributed by atoms with Crippen LogP contribution in [0.1, 0.15) is 22.3 Å². The third-order valence-electron chi connectivity index (χ3n) is 3.35. The number of ether oxygens (including phenoxy) is 1. The number of amides is 1. The Morgan fingerprint density at radius 3 is 2.79 bits per heavy atom. The maximum Gasteiger partial charge on any atom is 0.338 e. The van der Waals surface area contributed by atoms with Crippen molar-refractivity contribution in [2.75, 3.05) is 23.9 Å². The topological polar surface area (TPSA) is 46.6 Å².